The standard InChI is InChI=1S/C23H29NO4/c1-26-23(25)21(24)16-27-19-13-11-18(12-14-19)20-9-5-6-10-22(20)28-15-17-7-3-2-4-8-17/h2-10,18-19,21H,11-16,24H2,1H3/t18-,19+,21?. The summed E-state index contributed by atoms with van der Waals surface area (Å²) < 4.78 is 16.6. The minimum absolute atomic E-state index is 0.143. The summed E-state index contributed by atoms with van der Waals surface area (Å²) in [5.41, 5.74) is 8.18. The topological polar surface area (TPSA) is 70.8 Å². The van der Waals surface area contributed by atoms with Gasteiger partial charge in [-0.3, -0.25) is 4.79 Å². The molecular weight excluding hydrogens is 354 g/mol. The summed E-state index contributed by atoms with van der Waals surface area (Å²) in [5.74, 6) is 0.989. The van der Waals surface area contributed by atoms with Gasteiger partial charge in [0.05, 0.1) is 19.8 Å². The number of hydrogen-bond donors (Lipinski definition) is 1. The zero-order valence-electron chi connectivity index (χ0n) is 16.4. The maximum absolute atomic E-state index is 11.4. The highest BCUT2D eigenvalue weighted by Crippen LogP contribution is 2.38. The van der Waals surface area contributed by atoms with Crippen LogP contribution in [-0.4, -0.2) is 31.8 Å². The van der Waals surface area contributed by atoms with Crippen LogP contribution in [0.2, 0.25) is 0 Å². The van der Waals surface area contributed by atoms with E-state index in [-0.39, 0.29) is 12.7 Å². The first-order valence-corrected chi connectivity index (χ1v) is 9.88. The van der Waals surface area contributed by atoms with Gasteiger partial charge in [0.15, 0.2) is 0 Å². The zero-order chi connectivity index (χ0) is 19.8. The van der Waals surface area contributed by atoms with Crippen LogP contribution in [-0.2, 0) is 20.9 Å². The Bertz CT molecular complexity index is 741. The Morgan fingerprint density at radius 2 is 1.71 bits per heavy atom. The summed E-state index contributed by atoms with van der Waals surface area (Å²) in [6.07, 6.45) is 4.11. The molecule has 0 bridgehead atoms. The molecule has 0 heterocycles. The average molecular weight is 383 g/mol. The van der Waals surface area contributed by atoms with E-state index in [0.29, 0.717) is 12.5 Å². The van der Waals surface area contributed by atoms with E-state index < -0.39 is 12.0 Å². The number of benzene rings is 2. The van der Waals surface area contributed by atoms with Gasteiger partial charge in [0.25, 0.3) is 0 Å². The molecule has 2 aromatic rings. The molecule has 0 radical (unpaired) electrons. The Morgan fingerprint density at radius 3 is 2.43 bits per heavy atom. The average Bonchev–Trinajstić information content (AvgIpc) is 2.76. The summed E-state index contributed by atoms with van der Waals surface area (Å²) in [7, 11) is 1.34. The van der Waals surface area contributed by atoms with E-state index >= 15 is 0 Å². The summed E-state index contributed by atoms with van der Waals surface area (Å²) in [4.78, 5) is 11.4. The molecular formula is C23H29NO4. The van der Waals surface area contributed by atoms with Crippen molar-refractivity contribution in [3.8, 4) is 5.75 Å². The van der Waals surface area contributed by atoms with E-state index in [1.807, 2.05) is 24.3 Å². The second-order valence-corrected chi connectivity index (χ2v) is 7.25. The fourth-order valence-electron chi connectivity index (χ4n) is 3.68. The lowest BCUT2D eigenvalue weighted by molar-refractivity contribution is -0.144. The van der Waals surface area contributed by atoms with E-state index in [1.165, 1.54) is 12.7 Å². The van der Waals surface area contributed by atoms with Crippen molar-refractivity contribution in [3.05, 3.63) is 65.7 Å². The molecule has 150 valence electrons. The molecule has 0 saturated heterocycles. The maximum Gasteiger partial charge on any atom is 0.325 e. The third kappa shape index (κ3) is 5.57. The SMILES string of the molecule is COC(=O)C(N)CO[C@H]1CC[C@@H](c2ccccc2OCc2ccccc2)CC1. The molecule has 1 saturated carbocycles. The quantitative estimate of drug-likeness (QED) is 0.702. The highest BCUT2D eigenvalue weighted by molar-refractivity contribution is 5.75. The van der Waals surface area contributed by atoms with Crippen molar-refractivity contribution in [1.82, 2.24) is 0 Å². The summed E-state index contributed by atoms with van der Waals surface area (Å²) in [6.45, 7) is 0.778. The smallest absolute Gasteiger partial charge is 0.325 e. The third-order valence-electron chi connectivity index (χ3n) is 5.29. The first-order chi connectivity index (χ1) is 13.7. The zero-order valence-corrected chi connectivity index (χ0v) is 16.4. The number of esters is 1. The van der Waals surface area contributed by atoms with Crippen LogP contribution in [0.1, 0.15) is 42.7 Å². The lowest BCUT2D eigenvalue weighted by Gasteiger charge is -2.30. The molecule has 0 aromatic heterocycles. The molecule has 5 heteroatoms. The molecule has 1 aliphatic rings. The van der Waals surface area contributed by atoms with Gasteiger partial charge in [0, 0.05) is 0 Å². The number of nitrogens with two attached hydrogens (primary N) is 1. The van der Waals surface area contributed by atoms with E-state index in [2.05, 4.69) is 35.1 Å². The summed E-state index contributed by atoms with van der Waals surface area (Å²) >= 11 is 0. The number of ether oxygens (including phenoxy) is 3. The van der Waals surface area contributed by atoms with Crippen LogP contribution < -0.4 is 10.5 Å². The first-order valence-electron chi connectivity index (χ1n) is 9.88. The lowest BCUT2D eigenvalue weighted by atomic mass is 9.82. The van der Waals surface area contributed by atoms with Crippen LogP contribution in [0.25, 0.3) is 0 Å². The molecule has 3 rings (SSSR count). The first kappa shape index (κ1) is 20.4. The van der Waals surface area contributed by atoms with Crippen LogP contribution in [0, 0.1) is 0 Å². The van der Waals surface area contributed by atoms with Crippen molar-refractivity contribution < 1.29 is 19.0 Å². The minimum Gasteiger partial charge on any atom is -0.489 e. The maximum atomic E-state index is 11.4. The Balaban J connectivity index is 1.52. The monoisotopic (exact) mass is 383 g/mol. The molecule has 28 heavy (non-hydrogen) atoms. The number of hydrogen-bond acceptors (Lipinski definition) is 5. The fourth-order valence-corrected chi connectivity index (χ4v) is 3.68. The van der Waals surface area contributed by atoms with Gasteiger partial charge >= 0.3 is 5.97 Å². The Labute approximate surface area is 166 Å². The molecule has 1 aliphatic carbocycles. The molecule has 1 fully saturated rings. The molecule has 0 aliphatic heterocycles. The lowest BCUT2D eigenvalue weighted by Crippen LogP contribution is -2.38. The van der Waals surface area contributed by atoms with Crippen LogP contribution >= 0.6 is 0 Å². The van der Waals surface area contributed by atoms with Gasteiger partial charge in [0.1, 0.15) is 18.4 Å². The van der Waals surface area contributed by atoms with Crippen LogP contribution in [0.5, 0.6) is 5.75 Å². The van der Waals surface area contributed by atoms with E-state index in [1.54, 1.807) is 0 Å². The van der Waals surface area contributed by atoms with E-state index in [0.717, 1.165) is 37.0 Å². The molecule has 1 unspecified atom stereocenters. The molecule has 5 nitrogen and oxygen atoms in total. The van der Waals surface area contributed by atoms with Crippen LogP contribution in [0.15, 0.2) is 54.6 Å². The van der Waals surface area contributed by atoms with Gasteiger partial charge in [-0.25, -0.2) is 0 Å². The van der Waals surface area contributed by atoms with Crippen molar-refractivity contribution in [3.63, 3.8) is 0 Å². The number of methoxy groups -OCH3 is 1. The van der Waals surface area contributed by atoms with Crippen molar-refractivity contribution in [1.29, 1.82) is 0 Å². The predicted octanol–water partition coefficient (Wildman–Crippen LogP) is 3.81. The summed E-state index contributed by atoms with van der Waals surface area (Å²) in [6, 6.07) is 17.8. The Kier molecular flexibility index (Phi) is 7.46. The van der Waals surface area contributed by atoms with Crippen molar-refractivity contribution in [2.75, 3.05) is 13.7 Å². The van der Waals surface area contributed by atoms with Gasteiger partial charge in [-0.1, -0.05) is 48.5 Å². The third-order valence-corrected chi connectivity index (χ3v) is 5.29. The fraction of sp³-hybridized carbons (Fsp3) is 0.435. The molecule has 2 aromatic carbocycles. The number of rotatable bonds is 8. The van der Waals surface area contributed by atoms with Gasteiger partial charge in [-0.15, -0.1) is 0 Å². The van der Waals surface area contributed by atoms with Crippen molar-refractivity contribution >= 4 is 5.97 Å². The number of carbonyl (C=O) groups is 1. The highest BCUT2D eigenvalue weighted by atomic mass is 16.5. The van der Waals surface area contributed by atoms with Gasteiger partial charge in [-0.05, 0) is 48.8 Å². The summed E-state index contributed by atoms with van der Waals surface area (Å²) in [5, 5.41) is 0. The highest BCUT2D eigenvalue weighted by Gasteiger charge is 2.26. The Morgan fingerprint density at radius 1 is 1.04 bits per heavy atom. The minimum atomic E-state index is -0.713. The number of carbonyl (C=O) groups excluding carboxylic acids is 1. The van der Waals surface area contributed by atoms with Crippen LogP contribution in [0.3, 0.4) is 0 Å². The van der Waals surface area contributed by atoms with Crippen molar-refractivity contribution in [2.24, 2.45) is 5.73 Å². The largest absolute Gasteiger partial charge is 0.489 e. The van der Waals surface area contributed by atoms with Gasteiger partial charge in [0.2, 0.25) is 0 Å². The van der Waals surface area contributed by atoms with E-state index in [4.69, 9.17) is 15.2 Å². The van der Waals surface area contributed by atoms with Crippen LogP contribution in [0.4, 0.5) is 0 Å². The predicted molar refractivity (Wildman–Crippen MR) is 108 cm³/mol. The van der Waals surface area contributed by atoms with Crippen molar-refractivity contribution in [2.45, 2.75) is 50.4 Å². The molecule has 2 N–H and O–H groups in total. The second kappa shape index (κ2) is 10.2. The normalized spacial score (nSPS) is 20.4. The van der Waals surface area contributed by atoms with Gasteiger partial charge < -0.3 is 19.9 Å². The molecule has 0 amide bonds. The molecule has 0 spiro atoms. The van der Waals surface area contributed by atoms with E-state index in [9.17, 15) is 4.79 Å². The number of para-hydroxylation sites is 1. The molecule has 1 atom stereocenters. The van der Waals surface area contributed by atoms with Gasteiger partial charge in [-0.2, -0.15) is 0 Å². The Hall–Kier alpha value is -2.37. The second-order valence-electron chi connectivity index (χ2n) is 7.25.